The van der Waals surface area contributed by atoms with Gasteiger partial charge in [-0.15, -0.1) is 11.3 Å². The van der Waals surface area contributed by atoms with Gasteiger partial charge in [-0.25, -0.2) is 0 Å². The van der Waals surface area contributed by atoms with E-state index in [4.69, 9.17) is 16.3 Å². The molecule has 2 aromatic carbocycles. The largest absolute Gasteiger partial charge is 0.489 e. The molecule has 2 aromatic heterocycles. The molecule has 4 aromatic rings. The number of halogens is 1. The molecule has 0 bridgehead atoms. The fourth-order valence-electron chi connectivity index (χ4n) is 3.31. The van der Waals surface area contributed by atoms with Gasteiger partial charge in [0.05, 0.1) is 11.4 Å². The minimum atomic E-state index is -0.241. The van der Waals surface area contributed by atoms with E-state index < -0.39 is 0 Å². The summed E-state index contributed by atoms with van der Waals surface area (Å²) in [6.07, 6.45) is 1.72. The maximum absolute atomic E-state index is 12.7. The molecule has 4 rings (SSSR count). The van der Waals surface area contributed by atoms with Gasteiger partial charge < -0.3 is 10.1 Å². The van der Waals surface area contributed by atoms with E-state index in [-0.39, 0.29) is 5.91 Å². The number of hydrogen-bond acceptors (Lipinski definition) is 4. The third kappa shape index (κ3) is 5.39. The van der Waals surface area contributed by atoms with E-state index in [2.05, 4.69) is 47.7 Å². The van der Waals surface area contributed by atoms with Gasteiger partial charge in [0.1, 0.15) is 17.4 Å². The first-order valence-corrected chi connectivity index (χ1v) is 11.5. The zero-order valence-electron chi connectivity index (χ0n) is 18.2. The Labute approximate surface area is 196 Å². The van der Waals surface area contributed by atoms with E-state index in [0.29, 0.717) is 28.9 Å². The van der Waals surface area contributed by atoms with Gasteiger partial charge in [-0.05, 0) is 49.4 Å². The summed E-state index contributed by atoms with van der Waals surface area (Å²) in [4.78, 5) is 13.3. The molecule has 0 atom stereocenters. The fourth-order valence-corrected chi connectivity index (χ4v) is 4.29. The summed E-state index contributed by atoms with van der Waals surface area (Å²) in [5, 5.41) is 9.57. The average Bonchev–Trinajstić information content (AvgIpc) is 3.36. The van der Waals surface area contributed by atoms with Crippen LogP contribution in [0, 0.1) is 20.8 Å². The minimum absolute atomic E-state index is 0.241. The van der Waals surface area contributed by atoms with E-state index in [1.54, 1.807) is 10.9 Å². The van der Waals surface area contributed by atoms with Gasteiger partial charge in [-0.2, -0.15) is 5.10 Å². The maximum Gasteiger partial charge on any atom is 0.266 e. The lowest BCUT2D eigenvalue weighted by atomic mass is 10.1. The summed E-state index contributed by atoms with van der Waals surface area (Å²) in [6.45, 7) is 7.11. The summed E-state index contributed by atoms with van der Waals surface area (Å²) in [5.74, 6) is 0.958. The van der Waals surface area contributed by atoms with Crippen molar-refractivity contribution in [2.45, 2.75) is 33.9 Å². The Morgan fingerprint density at radius 1 is 1.06 bits per heavy atom. The molecule has 0 aliphatic rings. The number of nitrogens with one attached hydrogen (secondary N) is 1. The second kappa shape index (κ2) is 9.59. The van der Waals surface area contributed by atoms with Gasteiger partial charge in [0, 0.05) is 11.8 Å². The summed E-state index contributed by atoms with van der Waals surface area (Å²) in [5.41, 5.74) is 5.55. The summed E-state index contributed by atoms with van der Waals surface area (Å²) >= 11 is 7.67. The lowest BCUT2D eigenvalue weighted by Crippen LogP contribution is -2.11. The van der Waals surface area contributed by atoms with Crippen molar-refractivity contribution in [1.82, 2.24) is 9.78 Å². The Kier molecular flexibility index (Phi) is 6.63. The molecule has 5 nitrogen and oxygen atoms in total. The third-order valence-electron chi connectivity index (χ3n) is 5.02. The summed E-state index contributed by atoms with van der Waals surface area (Å²) in [7, 11) is 0. The third-order valence-corrected chi connectivity index (χ3v) is 6.27. The van der Waals surface area contributed by atoms with Crippen LogP contribution in [0.3, 0.4) is 0 Å². The van der Waals surface area contributed by atoms with Crippen LogP contribution in [0.4, 0.5) is 5.82 Å². The highest BCUT2D eigenvalue weighted by atomic mass is 35.5. The highest BCUT2D eigenvalue weighted by Crippen LogP contribution is 2.24. The Balaban J connectivity index is 1.37. The zero-order valence-corrected chi connectivity index (χ0v) is 19.8. The topological polar surface area (TPSA) is 56.2 Å². The lowest BCUT2D eigenvalue weighted by molar-refractivity contribution is 0.103. The van der Waals surface area contributed by atoms with E-state index in [1.165, 1.54) is 22.5 Å². The number of benzene rings is 2. The summed E-state index contributed by atoms with van der Waals surface area (Å²) in [6, 6.07) is 16.1. The quantitative estimate of drug-likeness (QED) is 0.343. The normalized spacial score (nSPS) is 10.9. The molecule has 0 saturated carbocycles. The smallest absolute Gasteiger partial charge is 0.266 e. The predicted octanol–water partition coefficient (Wildman–Crippen LogP) is 6.40. The van der Waals surface area contributed by atoms with E-state index in [1.807, 2.05) is 37.4 Å². The molecular formula is C25H24ClN3O2S. The first-order chi connectivity index (χ1) is 15.4. The molecule has 0 spiro atoms. The SMILES string of the molecule is Cc1ccc(Cn2cc(Cl)c(NC(=O)c3cc(COc4ccc(C)cc4C)cs3)n2)cc1. The Morgan fingerprint density at radius 2 is 1.81 bits per heavy atom. The van der Waals surface area contributed by atoms with Gasteiger partial charge in [0.2, 0.25) is 0 Å². The van der Waals surface area contributed by atoms with Crippen LogP contribution in [-0.4, -0.2) is 15.7 Å². The molecule has 0 aliphatic carbocycles. The van der Waals surface area contributed by atoms with E-state index >= 15 is 0 Å². The summed E-state index contributed by atoms with van der Waals surface area (Å²) < 4.78 is 7.64. The second-order valence-corrected chi connectivity index (χ2v) is 9.16. The molecule has 7 heteroatoms. The molecule has 2 heterocycles. The minimum Gasteiger partial charge on any atom is -0.489 e. The van der Waals surface area contributed by atoms with Crippen LogP contribution in [0.1, 0.15) is 37.5 Å². The first kappa shape index (κ1) is 22.1. The second-order valence-electron chi connectivity index (χ2n) is 7.84. The van der Waals surface area contributed by atoms with Crippen LogP contribution in [0.15, 0.2) is 60.1 Å². The van der Waals surface area contributed by atoms with Crippen molar-refractivity contribution in [2.24, 2.45) is 0 Å². The number of ether oxygens (including phenoxy) is 1. The van der Waals surface area contributed by atoms with Crippen molar-refractivity contribution in [3.63, 3.8) is 0 Å². The standard InChI is InChI=1S/C25H24ClN3O2S/c1-16-4-7-19(8-5-16)12-29-13-21(26)24(28-29)27-25(30)23-11-20(15-32-23)14-31-22-9-6-17(2)10-18(22)3/h4-11,13,15H,12,14H2,1-3H3,(H,27,28,30). The number of amides is 1. The molecule has 164 valence electrons. The molecule has 0 radical (unpaired) electrons. The van der Waals surface area contributed by atoms with Crippen molar-refractivity contribution in [3.8, 4) is 5.75 Å². The van der Waals surface area contributed by atoms with Crippen molar-refractivity contribution in [3.05, 3.63) is 97.8 Å². The van der Waals surface area contributed by atoms with Gasteiger partial charge in [0.15, 0.2) is 5.82 Å². The van der Waals surface area contributed by atoms with Crippen molar-refractivity contribution in [1.29, 1.82) is 0 Å². The number of anilines is 1. The highest BCUT2D eigenvalue weighted by Gasteiger charge is 2.15. The average molecular weight is 466 g/mol. The van der Waals surface area contributed by atoms with Crippen LogP contribution in [0.5, 0.6) is 5.75 Å². The van der Waals surface area contributed by atoms with Crippen LogP contribution in [-0.2, 0) is 13.2 Å². The van der Waals surface area contributed by atoms with Crippen molar-refractivity contribution in [2.75, 3.05) is 5.32 Å². The number of nitrogens with zero attached hydrogens (tertiary/aromatic N) is 2. The molecule has 0 saturated heterocycles. The van der Waals surface area contributed by atoms with Gasteiger partial charge in [-0.1, -0.05) is 59.1 Å². The van der Waals surface area contributed by atoms with E-state index in [0.717, 1.165) is 22.4 Å². The number of hydrogen-bond donors (Lipinski definition) is 1. The van der Waals surface area contributed by atoms with Crippen LogP contribution >= 0.6 is 22.9 Å². The highest BCUT2D eigenvalue weighted by molar-refractivity contribution is 7.12. The van der Waals surface area contributed by atoms with Crippen LogP contribution in [0.2, 0.25) is 5.02 Å². The first-order valence-electron chi connectivity index (χ1n) is 10.2. The van der Waals surface area contributed by atoms with Crippen molar-refractivity contribution < 1.29 is 9.53 Å². The lowest BCUT2D eigenvalue weighted by Gasteiger charge is -2.08. The number of carbonyl (C=O) groups is 1. The Hall–Kier alpha value is -3.09. The Morgan fingerprint density at radius 3 is 2.56 bits per heavy atom. The fraction of sp³-hybridized carbons (Fsp3) is 0.200. The van der Waals surface area contributed by atoms with Gasteiger partial charge >= 0.3 is 0 Å². The van der Waals surface area contributed by atoms with Crippen LogP contribution in [0.25, 0.3) is 0 Å². The number of thiophene rings is 1. The Bertz CT molecular complexity index is 1240. The molecule has 1 N–H and O–H groups in total. The number of aromatic nitrogens is 2. The van der Waals surface area contributed by atoms with E-state index in [9.17, 15) is 4.79 Å². The molecule has 0 fully saturated rings. The zero-order chi connectivity index (χ0) is 22.7. The monoisotopic (exact) mass is 465 g/mol. The maximum atomic E-state index is 12.7. The molecule has 0 aliphatic heterocycles. The molecular weight excluding hydrogens is 442 g/mol. The molecule has 1 amide bonds. The van der Waals surface area contributed by atoms with Crippen LogP contribution < -0.4 is 10.1 Å². The number of rotatable bonds is 7. The van der Waals surface area contributed by atoms with Crippen molar-refractivity contribution >= 4 is 34.7 Å². The van der Waals surface area contributed by atoms with Gasteiger partial charge in [-0.3, -0.25) is 9.48 Å². The predicted molar refractivity (Wildman–Crippen MR) is 130 cm³/mol. The molecule has 32 heavy (non-hydrogen) atoms. The number of aryl methyl sites for hydroxylation is 3. The number of carbonyl (C=O) groups excluding carboxylic acids is 1. The molecule has 0 unspecified atom stereocenters. The van der Waals surface area contributed by atoms with Gasteiger partial charge in [0.25, 0.3) is 5.91 Å².